The molecule has 1 aliphatic rings. The number of para-hydroxylation sites is 1. The quantitative estimate of drug-likeness (QED) is 0.638. The number of benzene rings is 3. The molecule has 0 bridgehead atoms. The molecule has 1 aliphatic heterocycles. The summed E-state index contributed by atoms with van der Waals surface area (Å²) in [7, 11) is 0. The molecule has 0 saturated carbocycles. The Morgan fingerprint density at radius 3 is 2.34 bits per heavy atom. The normalized spacial score (nSPS) is 14.1. The Hall–Kier alpha value is -3.41. The predicted molar refractivity (Wildman–Crippen MR) is 109 cm³/mol. The van der Waals surface area contributed by atoms with E-state index in [9.17, 15) is 14.0 Å². The van der Waals surface area contributed by atoms with E-state index in [0.717, 1.165) is 10.8 Å². The van der Waals surface area contributed by atoms with Gasteiger partial charge in [0.25, 0.3) is 5.91 Å². The second-order valence-corrected chi connectivity index (χ2v) is 6.92. The molecule has 1 saturated heterocycles. The zero-order valence-corrected chi connectivity index (χ0v) is 15.9. The fourth-order valence-corrected chi connectivity index (χ4v) is 3.60. The predicted octanol–water partition coefficient (Wildman–Crippen LogP) is 3.48. The van der Waals surface area contributed by atoms with Crippen LogP contribution < -0.4 is 4.90 Å². The van der Waals surface area contributed by atoms with Crippen LogP contribution in [0.4, 0.5) is 10.1 Å². The van der Waals surface area contributed by atoms with Gasteiger partial charge in [-0.2, -0.15) is 0 Å². The van der Waals surface area contributed by atoms with E-state index in [1.807, 2.05) is 35.2 Å². The lowest BCUT2D eigenvalue weighted by Crippen LogP contribution is -2.50. The summed E-state index contributed by atoms with van der Waals surface area (Å²) in [6.45, 7) is 1.67. The molecule has 0 spiro atoms. The lowest BCUT2D eigenvalue weighted by Gasteiger charge is -2.36. The third kappa shape index (κ3) is 4.06. The largest absolute Gasteiger partial charge is 0.452 e. The second-order valence-electron chi connectivity index (χ2n) is 6.92. The molecular weight excluding hydrogens is 371 g/mol. The van der Waals surface area contributed by atoms with Crippen LogP contribution in [0.25, 0.3) is 10.8 Å². The summed E-state index contributed by atoms with van der Waals surface area (Å²) in [6, 6.07) is 19.6. The van der Waals surface area contributed by atoms with Crippen molar-refractivity contribution < 1.29 is 18.7 Å². The van der Waals surface area contributed by atoms with Gasteiger partial charge in [0, 0.05) is 26.2 Å². The van der Waals surface area contributed by atoms with Gasteiger partial charge >= 0.3 is 5.97 Å². The molecule has 4 rings (SSSR count). The summed E-state index contributed by atoms with van der Waals surface area (Å²) < 4.78 is 19.2. The zero-order chi connectivity index (χ0) is 20.2. The van der Waals surface area contributed by atoms with Gasteiger partial charge in [-0.15, -0.1) is 0 Å². The fourth-order valence-electron chi connectivity index (χ4n) is 3.60. The third-order valence-electron chi connectivity index (χ3n) is 5.16. The molecule has 0 aromatic heterocycles. The SMILES string of the molecule is O=C(OCC(=O)N1CCN(c2ccccc2F)CC1)c1cccc2ccccc12. The van der Waals surface area contributed by atoms with E-state index in [4.69, 9.17) is 4.74 Å². The highest BCUT2D eigenvalue weighted by Gasteiger charge is 2.23. The number of ether oxygens (including phenoxy) is 1. The van der Waals surface area contributed by atoms with Crippen LogP contribution in [0.3, 0.4) is 0 Å². The average molecular weight is 392 g/mol. The van der Waals surface area contributed by atoms with Crippen molar-refractivity contribution in [2.24, 2.45) is 0 Å². The smallest absolute Gasteiger partial charge is 0.339 e. The third-order valence-corrected chi connectivity index (χ3v) is 5.16. The number of amides is 1. The van der Waals surface area contributed by atoms with Crippen molar-refractivity contribution in [3.63, 3.8) is 0 Å². The molecule has 5 nitrogen and oxygen atoms in total. The summed E-state index contributed by atoms with van der Waals surface area (Å²) in [5, 5.41) is 1.74. The van der Waals surface area contributed by atoms with Crippen LogP contribution in [0.5, 0.6) is 0 Å². The molecule has 0 unspecified atom stereocenters. The van der Waals surface area contributed by atoms with Crippen LogP contribution in [0.1, 0.15) is 10.4 Å². The van der Waals surface area contributed by atoms with Gasteiger partial charge in [-0.3, -0.25) is 4.79 Å². The van der Waals surface area contributed by atoms with Crippen LogP contribution >= 0.6 is 0 Å². The maximum absolute atomic E-state index is 13.9. The first-order valence-corrected chi connectivity index (χ1v) is 9.55. The van der Waals surface area contributed by atoms with Gasteiger partial charge < -0.3 is 14.5 Å². The number of hydrogen-bond donors (Lipinski definition) is 0. The van der Waals surface area contributed by atoms with Gasteiger partial charge in [0.1, 0.15) is 5.82 Å². The lowest BCUT2D eigenvalue weighted by atomic mass is 10.1. The summed E-state index contributed by atoms with van der Waals surface area (Å²) in [6.07, 6.45) is 0. The Kier molecular flexibility index (Phi) is 5.42. The molecule has 29 heavy (non-hydrogen) atoms. The number of anilines is 1. The first-order valence-electron chi connectivity index (χ1n) is 9.55. The van der Waals surface area contributed by atoms with Gasteiger partial charge in [-0.25, -0.2) is 9.18 Å². The summed E-state index contributed by atoms with van der Waals surface area (Å²) in [5.74, 6) is -1.02. The van der Waals surface area contributed by atoms with Gasteiger partial charge in [0.05, 0.1) is 11.3 Å². The zero-order valence-electron chi connectivity index (χ0n) is 15.9. The standard InChI is InChI=1S/C23H21FN2O3/c24-20-10-3-4-11-21(20)25-12-14-26(15-13-25)22(27)16-29-23(28)19-9-5-7-17-6-1-2-8-18(17)19/h1-11H,12-16H2. The van der Waals surface area contributed by atoms with Crippen LogP contribution in [-0.2, 0) is 9.53 Å². The van der Waals surface area contributed by atoms with Crippen LogP contribution in [0.15, 0.2) is 66.7 Å². The second kappa shape index (κ2) is 8.31. The van der Waals surface area contributed by atoms with Crippen molar-refractivity contribution in [1.29, 1.82) is 0 Å². The van der Waals surface area contributed by atoms with Crippen molar-refractivity contribution in [3.05, 3.63) is 78.1 Å². The van der Waals surface area contributed by atoms with Crippen LogP contribution in [-0.4, -0.2) is 49.6 Å². The van der Waals surface area contributed by atoms with E-state index in [0.29, 0.717) is 37.4 Å². The van der Waals surface area contributed by atoms with E-state index >= 15 is 0 Å². The maximum atomic E-state index is 13.9. The topological polar surface area (TPSA) is 49.9 Å². The Labute approximate surface area is 168 Å². The molecule has 1 heterocycles. The number of esters is 1. The number of piperazine rings is 1. The van der Waals surface area contributed by atoms with Crippen molar-refractivity contribution in [1.82, 2.24) is 4.90 Å². The molecule has 0 N–H and O–H groups in total. The minimum atomic E-state index is -0.514. The minimum Gasteiger partial charge on any atom is -0.452 e. The van der Waals surface area contributed by atoms with Crippen LogP contribution in [0, 0.1) is 5.82 Å². The van der Waals surface area contributed by atoms with Crippen molar-refractivity contribution in [2.45, 2.75) is 0 Å². The molecule has 0 aliphatic carbocycles. The molecule has 3 aromatic rings. The number of fused-ring (bicyclic) bond motifs is 1. The number of rotatable bonds is 4. The van der Waals surface area contributed by atoms with Gasteiger partial charge in [0.15, 0.2) is 6.61 Å². The first-order chi connectivity index (χ1) is 14.1. The molecule has 6 heteroatoms. The molecule has 3 aromatic carbocycles. The lowest BCUT2D eigenvalue weighted by molar-refractivity contribution is -0.134. The van der Waals surface area contributed by atoms with E-state index < -0.39 is 5.97 Å². The Bertz CT molecular complexity index is 1040. The highest BCUT2D eigenvalue weighted by Crippen LogP contribution is 2.21. The van der Waals surface area contributed by atoms with Crippen molar-refractivity contribution in [3.8, 4) is 0 Å². The van der Waals surface area contributed by atoms with Gasteiger partial charge in [0.2, 0.25) is 0 Å². The van der Waals surface area contributed by atoms with Crippen molar-refractivity contribution in [2.75, 3.05) is 37.7 Å². The number of nitrogens with zero attached hydrogens (tertiary/aromatic N) is 2. The Morgan fingerprint density at radius 2 is 1.55 bits per heavy atom. The Balaban J connectivity index is 1.33. The van der Waals surface area contributed by atoms with Crippen LogP contribution in [0.2, 0.25) is 0 Å². The molecule has 1 amide bonds. The molecular formula is C23H21FN2O3. The number of carbonyl (C=O) groups is 2. The highest BCUT2D eigenvalue weighted by atomic mass is 19.1. The van der Waals surface area contributed by atoms with E-state index in [-0.39, 0.29) is 18.3 Å². The van der Waals surface area contributed by atoms with Gasteiger partial charge in [-0.05, 0) is 29.0 Å². The summed E-state index contributed by atoms with van der Waals surface area (Å²) >= 11 is 0. The maximum Gasteiger partial charge on any atom is 0.339 e. The monoisotopic (exact) mass is 392 g/mol. The fraction of sp³-hybridized carbons (Fsp3) is 0.217. The number of hydrogen-bond acceptors (Lipinski definition) is 4. The molecule has 0 radical (unpaired) electrons. The minimum absolute atomic E-state index is 0.244. The first kappa shape index (κ1) is 18.9. The highest BCUT2D eigenvalue weighted by molar-refractivity contribution is 6.04. The molecule has 148 valence electrons. The molecule has 1 fully saturated rings. The number of carbonyl (C=O) groups excluding carboxylic acids is 2. The van der Waals surface area contributed by atoms with Crippen molar-refractivity contribution >= 4 is 28.3 Å². The van der Waals surface area contributed by atoms with E-state index in [2.05, 4.69) is 0 Å². The Morgan fingerprint density at radius 1 is 0.862 bits per heavy atom. The van der Waals surface area contributed by atoms with E-state index in [1.54, 1.807) is 35.2 Å². The van der Waals surface area contributed by atoms with Gasteiger partial charge in [-0.1, -0.05) is 48.5 Å². The summed E-state index contributed by atoms with van der Waals surface area (Å²) in [4.78, 5) is 28.5. The average Bonchev–Trinajstić information content (AvgIpc) is 2.77. The molecule has 0 atom stereocenters. The van der Waals surface area contributed by atoms with E-state index in [1.165, 1.54) is 6.07 Å². The number of halogens is 1. The summed E-state index contributed by atoms with van der Waals surface area (Å²) in [5.41, 5.74) is 0.988.